The Hall–Kier alpha value is -2.48. The van der Waals surface area contributed by atoms with Crippen molar-refractivity contribution >= 4 is 12.1 Å². The average Bonchev–Trinajstić information content (AvgIpc) is 2.44. The van der Waals surface area contributed by atoms with Crippen LogP contribution in [0.3, 0.4) is 0 Å². The van der Waals surface area contributed by atoms with Crippen LogP contribution in [-0.4, -0.2) is 31.9 Å². The molecule has 0 radical (unpaired) electrons. The lowest BCUT2D eigenvalue weighted by Crippen LogP contribution is -2.26. The molecule has 0 saturated carbocycles. The number of ether oxygens (including phenoxy) is 3. The second kappa shape index (κ2) is 6.62. The molecular weight excluding hydrogens is 260 g/mol. The molecule has 0 saturated heterocycles. The lowest BCUT2D eigenvalue weighted by molar-refractivity contribution is 0.0221. The molecule has 1 aromatic rings. The number of methoxy groups -OCH3 is 2. The fraction of sp³-hybridized carbons (Fsp3) is 0.333. The monoisotopic (exact) mass is 276 g/mol. The molecule has 5 nitrogen and oxygen atoms in total. The highest BCUT2D eigenvalue weighted by Gasteiger charge is 2.20. The van der Waals surface area contributed by atoms with E-state index in [1.807, 2.05) is 0 Å². The van der Waals surface area contributed by atoms with E-state index in [4.69, 9.17) is 4.74 Å². The maximum absolute atomic E-state index is 11.3. The summed E-state index contributed by atoms with van der Waals surface area (Å²) in [5, 5.41) is 0. The highest BCUT2D eigenvalue weighted by Crippen LogP contribution is 2.10. The number of hydrogen-bond donors (Lipinski definition) is 0. The summed E-state index contributed by atoms with van der Waals surface area (Å²) >= 11 is 0. The zero-order valence-corrected chi connectivity index (χ0v) is 11.9. The van der Waals surface area contributed by atoms with E-state index in [0.717, 1.165) is 0 Å². The molecule has 0 aliphatic rings. The van der Waals surface area contributed by atoms with Gasteiger partial charge in [-0.05, 0) is 38.1 Å². The minimum Gasteiger partial charge on any atom is -0.465 e. The van der Waals surface area contributed by atoms with E-state index in [-0.39, 0.29) is 0 Å². The van der Waals surface area contributed by atoms with Gasteiger partial charge in [0.1, 0.15) is 0 Å². The van der Waals surface area contributed by atoms with Crippen LogP contribution in [-0.2, 0) is 14.2 Å². The molecule has 0 N–H and O–H groups in total. The van der Waals surface area contributed by atoms with Crippen LogP contribution >= 0.6 is 0 Å². The summed E-state index contributed by atoms with van der Waals surface area (Å²) in [6.45, 7) is 3.31. The third kappa shape index (κ3) is 4.65. The minimum absolute atomic E-state index is 0.404. The Morgan fingerprint density at radius 1 is 1.05 bits per heavy atom. The molecule has 5 heteroatoms. The number of carbonyl (C=O) groups excluding carboxylic acids is 2. The van der Waals surface area contributed by atoms with Crippen molar-refractivity contribution in [1.29, 1.82) is 0 Å². The first-order chi connectivity index (χ1) is 9.38. The summed E-state index contributed by atoms with van der Waals surface area (Å²) in [6.07, 6.45) is -0.787. The van der Waals surface area contributed by atoms with Crippen LogP contribution in [0, 0.1) is 11.8 Å². The van der Waals surface area contributed by atoms with Crippen LogP contribution < -0.4 is 0 Å². The highest BCUT2D eigenvalue weighted by molar-refractivity contribution is 5.89. The molecule has 0 unspecified atom stereocenters. The first-order valence-electron chi connectivity index (χ1n) is 5.86. The molecular formula is C15H16O5. The highest BCUT2D eigenvalue weighted by atomic mass is 16.7. The van der Waals surface area contributed by atoms with Crippen LogP contribution in [0.4, 0.5) is 4.79 Å². The lowest BCUT2D eigenvalue weighted by Gasteiger charge is -2.17. The van der Waals surface area contributed by atoms with Gasteiger partial charge in [-0.3, -0.25) is 0 Å². The van der Waals surface area contributed by atoms with Gasteiger partial charge in [0.2, 0.25) is 0 Å². The molecule has 1 rings (SSSR count). The van der Waals surface area contributed by atoms with E-state index in [2.05, 4.69) is 21.3 Å². The Labute approximate surface area is 117 Å². The van der Waals surface area contributed by atoms with E-state index in [0.29, 0.717) is 11.1 Å². The predicted molar refractivity (Wildman–Crippen MR) is 72.2 cm³/mol. The lowest BCUT2D eigenvalue weighted by atomic mass is 10.1. The molecule has 106 valence electrons. The van der Waals surface area contributed by atoms with E-state index in [9.17, 15) is 9.59 Å². The smallest absolute Gasteiger partial charge is 0.465 e. The third-order valence-electron chi connectivity index (χ3n) is 2.32. The third-order valence-corrected chi connectivity index (χ3v) is 2.32. The second-order valence-corrected chi connectivity index (χ2v) is 4.39. The minimum atomic E-state index is -0.964. The van der Waals surface area contributed by atoms with Gasteiger partial charge in [0.05, 0.1) is 19.8 Å². The van der Waals surface area contributed by atoms with Crippen LogP contribution in [0.15, 0.2) is 24.3 Å². The topological polar surface area (TPSA) is 61.8 Å². The fourth-order valence-electron chi connectivity index (χ4n) is 1.31. The van der Waals surface area contributed by atoms with Gasteiger partial charge in [-0.2, -0.15) is 0 Å². The standard InChI is InChI=1S/C15H16O5/c1-15(2,20-14(17)19-4)10-9-11-5-7-12(8-6-11)13(16)18-3/h5-8H,1-4H3. The quantitative estimate of drug-likeness (QED) is 0.613. The molecule has 0 atom stereocenters. The van der Waals surface area contributed by atoms with Gasteiger partial charge in [-0.15, -0.1) is 0 Å². The normalized spacial score (nSPS) is 10.0. The van der Waals surface area contributed by atoms with Crippen LogP contribution in [0.1, 0.15) is 29.8 Å². The Kier molecular flexibility index (Phi) is 5.15. The van der Waals surface area contributed by atoms with Crippen molar-refractivity contribution in [3.05, 3.63) is 35.4 Å². The summed E-state index contributed by atoms with van der Waals surface area (Å²) in [5.74, 6) is 5.27. The molecule has 0 aliphatic carbocycles. The van der Waals surface area contributed by atoms with Gasteiger partial charge in [-0.1, -0.05) is 11.8 Å². The van der Waals surface area contributed by atoms with Gasteiger partial charge in [0.15, 0.2) is 5.60 Å². The van der Waals surface area contributed by atoms with Gasteiger partial charge in [-0.25, -0.2) is 9.59 Å². The number of hydrogen-bond acceptors (Lipinski definition) is 5. The maximum atomic E-state index is 11.3. The van der Waals surface area contributed by atoms with Gasteiger partial charge in [0, 0.05) is 5.56 Å². The van der Waals surface area contributed by atoms with E-state index in [1.54, 1.807) is 38.1 Å². The fourth-order valence-corrected chi connectivity index (χ4v) is 1.31. The Morgan fingerprint density at radius 2 is 1.65 bits per heavy atom. The van der Waals surface area contributed by atoms with Gasteiger partial charge >= 0.3 is 12.1 Å². The van der Waals surface area contributed by atoms with Crippen LogP contribution in [0.2, 0.25) is 0 Å². The molecule has 0 aliphatic heterocycles. The Morgan fingerprint density at radius 3 is 2.15 bits per heavy atom. The van der Waals surface area contributed by atoms with Crippen molar-refractivity contribution in [3.8, 4) is 11.8 Å². The number of carbonyl (C=O) groups is 2. The number of esters is 1. The van der Waals surface area contributed by atoms with E-state index >= 15 is 0 Å². The predicted octanol–water partition coefficient (Wildman–Crippen LogP) is 2.39. The van der Waals surface area contributed by atoms with E-state index < -0.39 is 17.7 Å². The molecule has 0 amide bonds. The molecule has 0 aromatic heterocycles. The summed E-state index contributed by atoms with van der Waals surface area (Å²) in [6, 6.07) is 6.61. The molecule has 0 spiro atoms. The second-order valence-electron chi connectivity index (χ2n) is 4.39. The Balaban J connectivity index is 2.81. The first kappa shape index (κ1) is 15.6. The van der Waals surface area contributed by atoms with Crippen molar-refractivity contribution < 1.29 is 23.8 Å². The van der Waals surface area contributed by atoms with Crippen molar-refractivity contribution in [2.24, 2.45) is 0 Å². The van der Waals surface area contributed by atoms with Crippen LogP contribution in [0.5, 0.6) is 0 Å². The largest absolute Gasteiger partial charge is 0.509 e. The van der Waals surface area contributed by atoms with Crippen LogP contribution in [0.25, 0.3) is 0 Å². The van der Waals surface area contributed by atoms with Crippen molar-refractivity contribution in [2.75, 3.05) is 14.2 Å². The molecule has 0 fully saturated rings. The molecule has 0 bridgehead atoms. The van der Waals surface area contributed by atoms with Gasteiger partial charge in [0.25, 0.3) is 0 Å². The molecule has 0 heterocycles. The average molecular weight is 276 g/mol. The SMILES string of the molecule is COC(=O)OC(C)(C)C#Cc1ccc(C(=O)OC)cc1. The zero-order valence-electron chi connectivity index (χ0n) is 11.9. The summed E-state index contributed by atoms with van der Waals surface area (Å²) in [5.41, 5.74) is 0.177. The zero-order chi connectivity index (χ0) is 15.2. The first-order valence-corrected chi connectivity index (χ1v) is 5.86. The summed E-state index contributed by atoms with van der Waals surface area (Å²) in [7, 11) is 2.56. The summed E-state index contributed by atoms with van der Waals surface area (Å²) in [4.78, 5) is 22.3. The number of rotatable bonds is 2. The van der Waals surface area contributed by atoms with Crippen molar-refractivity contribution in [3.63, 3.8) is 0 Å². The van der Waals surface area contributed by atoms with E-state index in [1.165, 1.54) is 14.2 Å². The molecule has 20 heavy (non-hydrogen) atoms. The summed E-state index contributed by atoms with van der Waals surface area (Å²) < 4.78 is 14.0. The van der Waals surface area contributed by atoms with Crippen molar-refractivity contribution in [1.82, 2.24) is 0 Å². The Bertz CT molecular complexity index is 546. The number of benzene rings is 1. The molecule has 1 aromatic carbocycles. The van der Waals surface area contributed by atoms with Crippen molar-refractivity contribution in [2.45, 2.75) is 19.4 Å². The maximum Gasteiger partial charge on any atom is 0.509 e. The van der Waals surface area contributed by atoms with Gasteiger partial charge < -0.3 is 14.2 Å².